The number of hydrogen-bond donors (Lipinski definition) is 2. The van der Waals surface area contributed by atoms with E-state index in [1.54, 1.807) is 19.2 Å². The number of halogens is 1. The maximum absolute atomic E-state index is 14.4. The molecule has 1 amide bonds. The summed E-state index contributed by atoms with van der Waals surface area (Å²) in [6, 6.07) is 19.0. The van der Waals surface area contributed by atoms with Crippen LogP contribution in [-0.4, -0.2) is 46.0 Å². The molecule has 200 valence electrons. The lowest BCUT2D eigenvalue weighted by atomic mass is 9.93. The first-order chi connectivity index (χ1) is 18.9. The summed E-state index contributed by atoms with van der Waals surface area (Å²) in [6.45, 7) is 4.63. The van der Waals surface area contributed by atoms with E-state index in [2.05, 4.69) is 16.3 Å². The molecule has 1 fully saturated rings. The molecule has 0 aliphatic carbocycles. The van der Waals surface area contributed by atoms with Crippen LogP contribution in [0.2, 0.25) is 0 Å². The molecule has 0 radical (unpaired) electrons. The van der Waals surface area contributed by atoms with E-state index in [-0.39, 0.29) is 12.0 Å². The largest absolute Gasteiger partial charge is 0.480 e. The number of carbonyl (C=O) groups excluding carboxylic acids is 1. The normalized spacial score (nSPS) is 14.7. The summed E-state index contributed by atoms with van der Waals surface area (Å²) in [4.78, 5) is 32.3. The lowest BCUT2D eigenvalue weighted by molar-refractivity contribution is -0.139. The number of carbonyl (C=O) groups is 2. The van der Waals surface area contributed by atoms with Crippen molar-refractivity contribution < 1.29 is 19.1 Å². The van der Waals surface area contributed by atoms with Crippen molar-refractivity contribution in [2.45, 2.75) is 45.2 Å². The molecule has 4 aromatic rings. The number of hydrogen-bond acceptors (Lipinski definition) is 4. The molecule has 39 heavy (non-hydrogen) atoms. The fourth-order valence-electron chi connectivity index (χ4n) is 5.50. The standard InChI is InChI=1S/C32H32FN3O3/c1-21-9-5-15-27(33)29(21)31(37)35-28(32(38)39)19-22-10-6-13-25-24(22)12-7-14-26(25)30-23(11-8-16-34-30)20-36-17-3-2-4-18-36/h5-16,28H,2-4,17-20H2,1H3,(H,35,37)(H,38,39)/t28-/m0/s1. The second-order valence-electron chi connectivity index (χ2n) is 10.2. The molecule has 1 aliphatic rings. The van der Waals surface area contributed by atoms with Gasteiger partial charge in [0.1, 0.15) is 11.9 Å². The van der Waals surface area contributed by atoms with Gasteiger partial charge < -0.3 is 10.4 Å². The minimum atomic E-state index is -1.23. The van der Waals surface area contributed by atoms with E-state index in [1.807, 2.05) is 42.5 Å². The molecule has 0 spiro atoms. The molecule has 1 saturated heterocycles. The highest BCUT2D eigenvalue weighted by atomic mass is 19.1. The van der Waals surface area contributed by atoms with Crippen LogP contribution >= 0.6 is 0 Å². The van der Waals surface area contributed by atoms with Crippen LogP contribution in [0.4, 0.5) is 4.39 Å². The number of nitrogens with zero attached hydrogens (tertiary/aromatic N) is 2. The SMILES string of the molecule is Cc1cccc(F)c1C(=O)N[C@@H](Cc1cccc2c(-c3ncccc3CN3CCCCC3)cccc12)C(=O)O. The predicted molar refractivity (Wildman–Crippen MR) is 150 cm³/mol. The smallest absolute Gasteiger partial charge is 0.326 e. The van der Waals surface area contributed by atoms with Crippen molar-refractivity contribution >= 4 is 22.6 Å². The molecule has 0 saturated carbocycles. The van der Waals surface area contributed by atoms with Gasteiger partial charge in [0.25, 0.3) is 5.91 Å². The number of rotatable bonds is 8. The topological polar surface area (TPSA) is 82.5 Å². The van der Waals surface area contributed by atoms with Gasteiger partial charge in [-0.3, -0.25) is 14.7 Å². The average molecular weight is 526 g/mol. The van der Waals surface area contributed by atoms with Gasteiger partial charge in [0.15, 0.2) is 0 Å². The predicted octanol–water partition coefficient (Wildman–Crippen LogP) is 5.76. The number of aryl methyl sites for hydroxylation is 1. The van der Waals surface area contributed by atoms with Gasteiger partial charge in [-0.2, -0.15) is 0 Å². The Labute approximate surface area is 227 Å². The van der Waals surface area contributed by atoms with E-state index in [0.29, 0.717) is 5.56 Å². The molecule has 5 rings (SSSR count). The molecule has 2 heterocycles. The van der Waals surface area contributed by atoms with Crippen molar-refractivity contribution in [3.63, 3.8) is 0 Å². The molecule has 1 atom stereocenters. The molecular weight excluding hydrogens is 493 g/mol. The summed E-state index contributed by atoms with van der Waals surface area (Å²) in [7, 11) is 0. The first-order valence-corrected chi connectivity index (χ1v) is 13.4. The summed E-state index contributed by atoms with van der Waals surface area (Å²) in [5.41, 5.74) is 4.15. The Bertz CT molecular complexity index is 1490. The van der Waals surface area contributed by atoms with Gasteiger partial charge in [0.05, 0.1) is 11.3 Å². The number of carboxylic acid groups (broad SMARTS) is 1. The summed E-state index contributed by atoms with van der Waals surface area (Å²) in [5.74, 6) is -2.60. The Hall–Kier alpha value is -4.10. The van der Waals surface area contributed by atoms with Crippen molar-refractivity contribution in [1.82, 2.24) is 15.2 Å². The maximum atomic E-state index is 14.4. The molecule has 6 nitrogen and oxygen atoms in total. The molecule has 2 N–H and O–H groups in total. The van der Waals surface area contributed by atoms with Crippen molar-refractivity contribution in [2.24, 2.45) is 0 Å². The van der Waals surface area contributed by atoms with Crippen LogP contribution in [0.25, 0.3) is 22.0 Å². The maximum Gasteiger partial charge on any atom is 0.326 e. The summed E-state index contributed by atoms with van der Waals surface area (Å²) in [6.07, 6.45) is 5.56. The quantitative estimate of drug-likeness (QED) is 0.306. The monoisotopic (exact) mass is 525 g/mol. The minimum absolute atomic E-state index is 0.0538. The Morgan fingerprint density at radius 2 is 1.67 bits per heavy atom. The average Bonchev–Trinajstić information content (AvgIpc) is 2.93. The highest BCUT2D eigenvalue weighted by Gasteiger charge is 2.25. The third kappa shape index (κ3) is 5.83. The number of carboxylic acids is 1. The molecular formula is C32H32FN3O3. The van der Waals surface area contributed by atoms with Crippen molar-refractivity contribution in [3.05, 3.63) is 101 Å². The molecule has 0 bridgehead atoms. The Balaban J connectivity index is 1.46. The Morgan fingerprint density at radius 3 is 2.44 bits per heavy atom. The van der Waals surface area contributed by atoms with E-state index in [0.717, 1.165) is 52.8 Å². The fourth-order valence-corrected chi connectivity index (χ4v) is 5.50. The molecule has 1 aromatic heterocycles. The number of piperidine rings is 1. The lowest BCUT2D eigenvalue weighted by Crippen LogP contribution is -2.42. The van der Waals surface area contributed by atoms with Gasteiger partial charge in [0, 0.05) is 24.7 Å². The second kappa shape index (κ2) is 11.7. The van der Waals surface area contributed by atoms with Crippen molar-refractivity contribution in [3.8, 4) is 11.3 Å². The number of aromatic nitrogens is 1. The highest BCUT2D eigenvalue weighted by molar-refractivity contribution is 6.00. The highest BCUT2D eigenvalue weighted by Crippen LogP contribution is 2.32. The number of nitrogens with one attached hydrogen (secondary N) is 1. The van der Waals surface area contributed by atoms with Crippen molar-refractivity contribution in [1.29, 1.82) is 0 Å². The summed E-state index contributed by atoms with van der Waals surface area (Å²) < 4.78 is 14.4. The van der Waals surface area contributed by atoms with Crippen LogP contribution in [0.3, 0.4) is 0 Å². The van der Waals surface area contributed by atoms with Crippen LogP contribution in [0.15, 0.2) is 72.9 Å². The van der Waals surface area contributed by atoms with Crippen LogP contribution in [0.1, 0.15) is 46.3 Å². The Morgan fingerprint density at radius 1 is 0.949 bits per heavy atom. The number of fused-ring (bicyclic) bond motifs is 1. The second-order valence-corrected chi connectivity index (χ2v) is 10.2. The minimum Gasteiger partial charge on any atom is -0.480 e. The van der Waals surface area contributed by atoms with E-state index in [1.165, 1.54) is 31.4 Å². The van der Waals surface area contributed by atoms with E-state index < -0.39 is 23.7 Å². The van der Waals surface area contributed by atoms with Gasteiger partial charge in [-0.25, -0.2) is 9.18 Å². The first kappa shape index (κ1) is 26.5. The zero-order chi connectivity index (χ0) is 27.4. The number of aliphatic carboxylic acids is 1. The zero-order valence-electron chi connectivity index (χ0n) is 22.0. The van der Waals surface area contributed by atoms with Gasteiger partial charge in [-0.1, -0.05) is 61.0 Å². The molecule has 7 heteroatoms. The molecule has 3 aromatic carbocycles. The summed E-state index contributed by atoms with van der Waals surface area (Å²) >= 11 is 0. The van der Waals surface area contributed by atoms with Gasteiger partial charge >= 0.3 is 5.97 Å². The van der Waals surface area contributed by atoms with Crippen LogP contribution in [0, 0.1) is 12.7 Å². The number of likely N-dealkylation sites (tertiary alicyclic amines) is 1. The van der Waals surface area contributed by atoms with Gasteiger partial charge in [0.2, 0.25) is 0 Å². The number of benzene rings is 3. The molecule has 0 unspecified atom stereocenters. The summed E-state index contributed by atoms with van der Waals surface area (Å²) in [5, 5.41) is 14.3. The van der Waals surface area contributed by atoms with E-state index >= 15 is 0 Å². The van der Waals surface area contributed by atoms with Crippen molar-refractivity contribution in [2.75, 3.05) is 13.1 Å². The van der Waals surface area contributed by atoms with Gasteiger partial charge in [-0.05, 0) is 72.5 Å². The van der Waals surface area contributed by atoms with E-state index in [4.69, 9.17) is 4.98 Å². The third-order valence-corrected chi connectivity index (χ3v) is 7.48. The van der Waals surface area contributed by atoms with Crippen LogP contribution in [-0.2, 0) is 17.8 Å². The number of amides is 1. The lowest BCUT2D eigenvalue weighted by Gasteiger charge is -2.27. The molecule has 1 aliphatic heterocycles. The Kier molecular flexibility index (Phi) is 7.98. The van der Waals surface area contributed by atoms with E-state index in [9.17, 15) is 19.1 Å². The van der Waals surface area contributed by atoms with Crippen LogP contribution < -0.4 is 5.32 Å². The van der Waals surface area contributed by atoms with Gasteiger partial charge in [-0.15, -0.1) is 0 Å². The third-order valence-electron chi connectivity index (χ3n) is 7.48. The fraction of sp³-hybridized carbons (Fsp3) is 0.281. The number of pyridine rings is 1. The zero-order valence-corrected chi connectivity index (χ0v) is 22.0. The van der Waals surface area contributed by atoms with Crippen LogP contribution in [0.5, 0.6) is 0 Å². The first-order valence-electron chi connectivity index (χ1n) is 13.4.